The Balaban J connectivity index is 2.12. The molecule has 0 aliphatic rings. The number of aromatic nitrogens is 3. The van der Waals surface area contributed by atoms with Gasteiger partial charge in [0.05, 0.1) is 18.0 Å². The van der Waals surface area contributed by atoms with Gasteiger partial charge in [0, 0.05) is 12.1 Å². The van der Waals surface area contributed by atoms with E-state index in [1.165, 1.54) is 20.2 Å². The maximum absolute atomic E-state index is 12.7. The van der Waals surface area contributed by atoms with E-state index >= 15 is 0 Å². The van der Waals surface area contributed by atoms with Crippen LogP contribution in [0.2, 0.25) is 5.02 Å². The van der Waals surface area contributed by atoms with Crippen LogP contribution in [0.1, 0.15) is 12.7 Å². The van der Waals surface area contributed by atoms with E-state index in [9.17, 15) is 18.0 Å². The van der Waals surface area contributed by atoms with Gasteiger partial charge in [-0.2, -0.15) is 13.2 Å². The quantitative estimate of drug-likeness (QED) is 0.784. The van der Waals surface area contributed by atoms with Crippen molar-refractivity contribution in [3.63, 3.8) is 0 Å². The SMILES string of the molecule is COc1ccc(Cl)cc1NC(=O)[C@@H](C)Sc1nnc(C(F)(F)F)n1C. The molecule has 0 saturated carbocycles. The number of nitrogens with one attached hydrogen (secondary N) is 1. The lowest BCUT2D eigenvalue weighted by molar-refractivity contribution is -0.147. The Hall–Kier alpha value is -1.94. The second kappa shape index (κ2) is 7.52. The number of alkyl halides is 3. The van der Waals surface area contributed by atoms with Gasteiger partial charge in [-0.05, 0) is 25.1 Å². The van der Waals surface area contributed by atoms with Crippen LogP contribution in [0.4, 0.5) is 18.9 Å². The van der Waals surface area contributed by atoms with Crippen molar-refractivity contribution in [3.05, 3.63) is 29.0 Å². The number of benzene rings is 1. The van der Waals surface area contributed by atoms with E-state index in [1.807, 2.05) is 0 Å². The van der Waals surface area contributed by atoms with Crippen LogP contribution in [0.15, 0.2) is 23.4 Å². The van der Waals surface area contributed by atoms with Gasteiger partial charge >= 0.3 is 6.18 Å². The molecule has 0 saturated heterocycles. The molecular formula is C14H14ClF3N4O2S. The number of halogens is 4. The Morgan fingerprint density at radius 2 is 2.08 bits per heavy atom. The minimum absolute atomic E-state index is 0.0203. The molecule has 0 aliphatic heterocycles. The molecule has 0 radical (unpaired) electrons. The fourth-order valence-corrected chi connectivity index (χ4v) is 2.88. The molecule has 0 unspecified atom stereocenters. The number of ether oxygens (including phenoxy) is 1. The minimum Gasteiger partial charge on any atom is -0.495 e. The molecule has 25 heavy (non-hydrogen) atoms. The standard InChI is InChI=1S/C14H14ClF3N4O2S/c1-7(25-13-21-20-12(22(13)2)14(16,17)18)11(23)19-9-6-8(15)4-5-10(9)24-3/h4-7H,1-3H3,(H,19,23)/t7-/m1/s1. The monoisotopic (exact) mass is 394 g/mol. The van der Waals surface area contributed by atoms with E-state index in [4.69, 9.17) is 16.3 Å². The maximum atomic E-state index is 12.7. The van der Waals surface area contributed by atoms with Crippen LogP contribution in [0.5, 0.6) is 5.75 Å². The first-order valence-electron chi connectivity index (χ1n) is 6.91. The van der Waals surface area contributed by atoms with E-state index < -0.39 is 23.2 Å². The summed E-state index contributed by atoms with van der Waals surface area (Å²) in [6, 6.07) is 4.71. The fourth-order valence-electron chi connectivity index (χ4n) is 1.89. The molecule has 1 N–H and O–H groups in total. The Morgan fingerprint density at radius 3 is 2.64 bits per heavy atom. The highest BCUT2D eigenvalue weighted by atomic mass is 35.5. The molecule has 6 nitrogen and oxygen atoms in total. The minimum atomic E-state index is -4.61. The zero-order valence-electron chi connectivity index (χ0n) is 13.4. The summed E-state index contributed by atoms with van der Waals surface area (Å²) in [4.78, 5) is 12.3. The van der Waals surface area contributed by atoms with Gasteiger partial charge in [0.2, 0.25) is 11.7 Å². The normalized spacial score (nSPS) is 12.8. The van der Waals surface area contributed by atoms with E-state index in [-0.39, 0.29) is 5.16 Å². The average molecular weight is 395 g/mol. The molecule has 0 aliphatic carbocycles. The topological polar surface area (TPSA) is 69.0 Å². The Kier molecular flexibility index (Phi) is 5.83. The Bertz CT molecular complexity index is 782. The largest absolute Gasteiger partial charge is 0.495 e. The first kappa shape index (κ1) is 19.4. The average Bonchev–Trinajstić information content (AvgIpc) is 2.88. The molecule has 0 bridgehead atoms. The molecule has 1 aromatic carbocycles. The van der Waals surface area contributed by atoms with Gasteiger partial charge in [0.1, 0.15) is 5.75 Å². The number of amides is 1. The third-order valence-corrected chi connectivity index (χ3v) is 4.53. The summed E-state index contributed by atoms with van der Waals surface area (Å²) >= 11 is 6.75. The third kappa shape index (κ3) is 4.57. The number of thioether (sulfide) groups is 1. The van der Waals surface area contributed by atoms with Crippen molar-refractivity contribution >= 4 is 35.0 Å². The number of anilines is 1. The van der Waals surface area contributed by atoms with Crippen LogP contribution in [-0.2, 0) is 18.0 Å². The summed E-state index contributed by atoms with van der Waals surface area (Å²) in [5.74, 6) is -1.16. The number of carbonyl (C=O) groups is 1. The Morgan fingerprint density at radius 1 is 1.40 bits per heavy atom. The lowest BCUT2D eigenvalue weighted by Crippen LogP contribution is -2.23. The number of hydrogen-bond donors (Lipinski definition) is 1. The van der Waals surface area contributed by atoms with Gasteiger partial charge in [0.15, 0.2) is 5.16 Å². The van der Waals surface area contributed by atoms with Crippen LogP contribution in [0.25, 0.3) is 0 Å². The van der Waals surface area contributed by atoms with Gasteiger partial charge in [0.25, 0.3) is 0 Å². The summed E-state index contributed by atoms with van der Waals surface area (Å²) in [6.07, 6.45) is -4.61. The number of rotatable bonds is 5. The molecule has 11 heteroatoms. The van der Waals surface area contributed by atoms with Gasteiger partial charge in [-0.1, -0.05) is 23.4 Å². The first-order chi connectivity index (χ1) is 11.6. The number of nitrogens with zero attached hydrogens (tertiary/aromatic N) is 3. The molecule has 1 aromatic heterocycles. The molecular weight excluding hydrogens is 381 g/mol. The van der Waals surface area contributed by atoms with E-state index in [0.717, 1.165) is 16.3 Å². The van der Waals surface area contributed by atoms with Crippen molar-refractivity contribution in [3.8, 4) is 5.75 Å². The molecule has 136 valence electrons. The number of carbonyl (C=O) groups excluding carboxylic acids is 1. The highest BCUT2D eigenvalue weighted by Crippen LogP contribution is 2.32. The van der Waals surface area contributed by atoms with Crippen molar-refractivity contribution in [2.75, 3.05) is 12.4 Å². The number of methoxy groups -OCH3 is 1. The molecule has 1 atom stereocenters. The van der Waals surface area contributed by atoms with Crippen LogP contribution >= 0.6 is 23.4 Å². The molecule has 1 amide bonds. The van der Waals surface area contributed by atoms with Crippen molar-refractivity contribution in [1.82, 2.24) is 14.8 Å². The van der Waals surface area contributed by atoms with Gasteiger partial charge in [-0.15, -0.1) is 10.2 Å². The van der Waals surface area contributed by atoms with Gasteiger partial charge in [-0.3, -0.25) is 4.79 Å². The molecule has 1 heterocycles. The predicted octanol–water partition coefficient (Wildman–Crippen LogP) is 3.62. The molecule has 0 fully saturated rings. The summed E-state index contributed by atoms with van der Waals surface area (Å²) < 4.78 is 44.1. The van der Waals surface area contributed by atoms with Crippen LogP contribution in [0, 0.1) is 0 Å². The van der Waals surface area contributed by atoms with Crippen molar-refractivity contribution < 1.29 is 22.7 Å². The van der Waals surface area contributed by atoms with E-state index in [2.05, 4.69) is 15.5 Å². The van der Waals surface area contributed by atoms with Crippen molar-refractivity contribution in [2.24, 2.45) is 7.05 Å². The van der Waals surface area contributed by atoms with Crippen LogP contribution < -0.4 is 10.1 Å². The zero-order valence-corrected chi connectivity index (χ0v) is 15.0. The lowest BCUT2D eigenvalue weighted by Gasteiger charge is -2.14. The first-order valence-corrected chi connectivity index (χ1v) is 8.17. The molecule has 0 spiro atoms. The third-order valence-electron chi connectivity index (χ3n) is 3.16. The van der Waals surface area contributed by atoms with Crippen LogP contribution in [-0.4, -0.2) is 33.0 Å². The predicted molar refractivity (Wildman–Crippen MR) is 88.0 cm³/mol. The summed E-state index contributed by atoms with van der Waals surface area (Å²) in [5, 5.41) is 8.89. The summed E-state index contributed by atoms with van der Waals surface area (Å²) in [7, 11) is 2.63. The second-order valence-corrected chi connectivity index (χ2v) is 6.70. The van der Waals surface area contributed by atoms with Crippen molar-refractivity contribution in [2.45, 2.75) is 23.5 Å². The van der Waals surface area contributed by atoms with E-state index in [1.54, 1.807) is 19.1 Å². The van der Waals surface area contributed by atoms with Crippen LogP contribution in [0.3, 0.4) is 0 Å². The van der Waals surface area contributed by atoms with E-state index in [0.29, 0.717) is 16.5 Å². The fraction of sp³-hybridized carbons (Fsp3) is 0.357. The maximum Gasteiger partial charge on any atom is 0.451 e. The lowest BCUT2D eigenvalue weighted by atomic mass is 10.3. The smallest absolute Gasteiger partial charge is 0.451 e. The van der Waals surface area contributed by atoms with Gasteiger partial charge < -0.3 is 14.6 Å². The van der Waals surface area contributed by atoms with Gasteiger partial charge in [-0.25, -0.2) is 0 Å². The second-order valence-electron chi connectivity index (χ2n) is 4.96. The highest BCUT2D eigenvalue weighted by Gasteiger charge is 2.37. The Labute approximate surface area is 150 Å². The number of hydrogen-bond acceptors (Lipinski definition) is 5. The summed E-state index contributed by atoms with van der Waals surface area (Å²) in [5.41, 5.74) is 0.362. The summed E-state index contributed by atoms with van der Waals surface area (Å²) in [6.45, 7) is 1.54. The molecule has 2 rings (SSSR count). The zero-order chi connectivity index (χ0) is 18.8. The van der Waals surface area contributed by atoms with Crippen molar-refractivity contribution in [1.29, 1.82) is 0 Å². The molecule has 2 aromatic rings. The highest BCUT2D eigenvalue weighted by molar-refractivity contribution is 8.00.